The van der Waals surface area contributed by atoms with Crippen LogP contribution < -0.4 is 4.74 Å². The van der Waals surface area contributed by atoms with E-state index in [1.165, 1.54) is 25.0 Å². The Hall–Kier alpha value is -4.04. The van der Waals surface area contributed by atoms with Crippen molar-refractivity contribution in [2.75, 3.05) is 26.7 Å². The Bertz CT molecular complexity index is 1500. The SMILES string of the molecule is CC=Nc1c(C(C)=N)c(-c2ccc(Oc3cccc(F)c3)cc2)c(C)n1C1CCCN(C(=O)C=CCN(C)C2CC2)C1. The van der Waals surface area contributed by atoms with E-state index in [0.29, 0.717) is 29.8 Å². The van der Waals surface area contributed by atoms with E-state index in [9.17, 15) is 9.18 Å². The third-order valence-corrected chi connectivity index (χ3v) is 8.12. The maximum atomic E-state index is 13.6. The minimum atomic E-state index is -0.351. The number of hydrogen-bond acceptors (Lipinski definition) is 5. The number of ether oxygens (including phenoxy) is 1. The highest BCUT2D eigenvalue weighted by molar-refractivity contribution is 6.08. The van der Waals surface area contributed by atoms with E-state index >= 15 is 0 Å². The summed E-state index contributed by atoms with van der Waals surface area (Å²) < 4.78 is 21.7. The first-order valence-corrected chi connectivity index (χ1v) is 14.7. The average Bonchev–Trinajstić information content (AvgIpc) is 3.78. The van der Waals surface area contributed by atoms with Gasteiger partial charge in [0.1, 0.15) is 23.1 Å². The number of rotatable bonds is 10. The van der Waals surface area contributed by atoms with Crippen LogP contribution in [0.25, 0.3) is 11.1 Å². The summed E-state index contributed by atoms with van der Waals surface area (Å²) in [4.78, 5) is 22.1. The lowest BCUT2D eigenvalue weighted by molar-refractivity contribution is -0.127. The third kappa shape index (κ3) is 6.54. The lowest BCUT2D eigenvalue weighted by Gasteiger charge is -2.34. The summed E-state index contributed by atoms with van der Waals surface area (Å²) >= 11 is 0. The van der Waals surface area contributed by atoms with Gasteiger partial charge in [0.05, 0.1) is 6.04 Å². The van der Waals surface area contributed by atoms with Crippen molar-refractivity contribution < 1.29 is 13.9 Å². The van der Waals surface area contributed by atoms with Gasteiger partial charge in [0.25, 0.3) is 0 Å². The highest BCUT2D eigenvalue weighted by Gasteiger charge is 2.31. The zero-order valence-electron chi connectivity index (χ0n) is 24.9. The predicted octanol–water partition coefficient (Wildman–Crippen LogP) is 7.32. The maximum Gasteiger partial charge on any atom is 0.246 e. The number of aromatic nitrogens is 1. The number of halogens is 1. The second kappa shape index (κ2) is 12.9. The standard InChI is InChI=1S/C34H40FN5O2/c1-5-37-34-32(23(2)36)33(25-13-17-29(18-14-25)42-30-11-6-9-26(35)21-30)24(3)40(34)28-10-7-20-39(22-28)31(41)12-8-19-38(4)27-15-16-27/h5-6,8-9,11-14,17-18,21,27-28,36H,7,10,15-16,19-20,22H2,1-4H3. The van der Waals surface area contributed by atoms with Crippen LogP contribution in [0.3, 0.4) is 0 Å². The molecule has 0 spiro atoms. The molecule has 42 heavy (non-hydrogen) atoms. The van der Waals surface area contributed by atoms with Gasteiger partial charge in [0, 0.05) is 66.6 Å². The minimum Gasteiger partial charge on any atom is -0.457 e. The summed E-state index contributed by atoms with van der Waals surface area (Å²) in [6, 6.07) is 14.4. The molecule has 1 amide bonds. The fourth-order valence-electron chi connectivity index (χ4n) is 5.91. The number of hydrogen-bond donors (Lipinski definition) is 1. The molecule has 8 heteroatoms. The van der Waals surface area contributed by atoms with Gasteiger partial charge in [-0.25, -0.2) is 9.38 Å². The van der Waals surface area contributed by atoms with E-state index in [0.717, 1.165) is 54.1 Å². The third-order valence-electron chi connectivity index (χ3n) is 8.12. The summed E-state index contributed by atoms with van der Waals surface area (Å²) in [6.45, 7) is 7.87. The number of piperidine rings is 1. The van der Waals surface area contributed by atoms with Gasteiger partial charge in [-0.05, 0) is 83.3 Å². The Labute approximate surface area is 247 Å². The van der Waals surface area contributed by atoms with Crippen molar-refractivity contribution in [1.82, 2.24) is 14.4 Å². The van der Waals surface area contributed by atoms with Crippen LogP contribution in [-0.4, -0.2) is 64.9 Å². The van der Waals surface area contributed by atoms with Gasteiger partial charge in [-0.2, -0.15) is 0 Å². The Morgan fingerprint density at radius 1 is 1.17 bits per heavy atom. The van der Waals surface area contributed by atoms with Crippen LogP contribution in [0.1, 0.15) is 56.8 Å². The van der Waals surface area contributed by atoms with Crippen molar-refractivity contribution in [3.63, 3.8) is 0 Å². The minimum absolute atomic E-state index is 0.0476. The fraction of sp³-hybridized carbons (Fsp3) is 0.382. The molecule has 5 rings (SSSR count). The van der Waals surface area contributed by atoms with Crippen LogP contribution in [0.5, 0.6) is 11.5 Å². The summed E-state index contributed by atoms with van der Waals surface area (Å²) in [5.74, 6) is 1.47. The molecule has 2 aromatic carbocycles. The topological polar surface area (TPSA) is 73.9 Å². The van der Waals surface area contributed by atoms with E-state index in [1.54, 1.807) is 31.3 Å². The first-order chi connectivity index (χ1) is 20.3. The Balaban J connectivity index is 1.42. The molecule has 1 aromatic heterocycles. The second-order valence-corrected chi connectivity index (χ2v) is 11.3. The number of likely N-dealkylation sites (tertiary alicyclic amines) is 1. The largest absolute Gasteiger partial charge is 0.457 e. The molecule has 0 bridgehead atoms. The monoisotopic (exact) mass is 569 g/mol. The van der Waals surface area contributed by atoms with Crippen molar-refractivity contribution in [3.05, 3.63) is 77.8 Å². The molecule has 1 unspecified atom stereocenters. The molecule has 1 atom stereocenters. The number of benzene rings is 2. The molecule has 3 aromatic rings. The molecular formula is C34H40FN5O2. The van der Waals surface area contributed by atoms with Crippen molar-refractivity contribution in [1.29, 1.82) is 5.41 Å². The highest BCUT2D eigenvalue weighted by Crippen LogP contribution is 2.42. The smallest absolute Gasteiger partial charge is 0.246 e. The van der Waals surface area contributed by atoms with E-state index in [1.807, 2.05) is 42.2 Å². The van der Waals surface area contributed by atoms with Gasteiger partial charge in [-0.3, -0.25) is 9.69 Å². The highest BCUT2D eigenvalue weighted by atomic mass is 19.1. The molecular weight excluding hydrogens is 529 g/mol. The van der Waals surface area contributed by atoms with Gasteiger partial charge < -0.3 is 19.6 Å². The second-order valence-electron chi connectivity index (χ2n) is 11.3. The Kier molecular flexibility index (Phi) is 9.02. The molecule has 2 heterocycles. The van der Waals surface area contributed by atoms with Gasteiger partial charge in [-0.1, -0.05) is 24.3 Å². The number of nitrogens with one attached hydrogen (secondary N) is 1. The maximum absolute atomic E-state index is 13.6. The van der Waals surface area contributed by atoms with Crippen LogP contribution in [0, 0.1) is 18.2 Å². The van der Waals surface area contributed by atoms with Crippen molar-refractivity contribution in [2.24, 2.45) is 4.99 Å². The van der Waals surface area contributed by atoms with E-state index < -0.39 is 0 Å². The molecule has 2 aliphatic rings. The molecule has 1 saturated heterocycles. The van der Waals surface area contributed by atoms with E-state index in [-0.39, 0.29) is 17.8 Å². The number of aliphatic imine (C=N–C) groups is 1. The molecule has 1 aliphatic carbocycles. The van der Waals surface area contributed by atoms with Crippen LogP contribution in [0.4, 0.5) is 10.2 Å². The summed E-state index contributed by atoms with van der Waals surface area (Å²) in [5, 5.41) is 8.71. The lowest BCUT2D eigenvalue weighted by Crippen LogP contribution is -2.40. The normalized spacial score (nSPS) is 17.5. The van der Waals surface area contributed by atoms with Crippen LogP contribution in [0.2, 0.25) is 0 Å². The van der Waals surface area contributed by atoms with Gasteiger partial charge in [0.2, 0.25) is 5.91 Å². The van der Waals surface area contributed by atoms with Gasteiger partial charge in [0.15, 0.2) is 0 Å². The first kappa shape index (κ1) is 29.5. The van der Waals surface area contributed by atoms with Crippen LogP contribution in [0.15, 0.2) is 65.7 Å². The molecule has 220 valence electrons. The van der Waals surface area contributed by atoms with Crippen molar-refractivity contribution in [2.45, 2.75) is 58.5 Å². The molecule has 1 aliphatic heterocycles. The number of carbonyl (C=O) groups is 1. The fourth-order valence-corrected chi connectivity index (χ4v) is 5.91. The Morgan fingerprint density at radius 3 is 2.60 bits per heavy atom. The molecule has 7 nitrogen and oxygen atoms in total. The first-order valence-electron chi connectivity index (χ1n) is 14.7. The molecule has 1 saturated carbocycles. The zero-order chi connectivity index (χ0) is 29.8. The number of nitrogens with zero attached hydrogens (tertiary/aromatic N) is 4. The van der Waals surface area contributed by atoms with Gasteiger partial charge in [-0.15, -0.1) is 0 Å². The van der Waals surface area contributed by atoms with Crippen molar-refractivity contribution in [3.8, 4) is 22.6 Å². The van der Waals surface area contributed by atoms with Gasteiger partial charge >= 0.3 is 0 Å². The molecule has 0 radical (unpaired) electrons. The average molecular weight is 570 g/mol. The zero-order valence-corrected chi connectivity index (χ0v) is 24.9. The lowest BCUT2D eigenvalue weighted by atomic mass is 9.99. The number of likely N-dealkylation sites (N-methyl/N-ethyl adjacent to an activating group) is 1. The summed E-state index contributed by atoms with van der Waals surface area (Å²) in [5.41, 5.74) is 4.12. The van der Waals surface area contributed by atoms with Crippen molar-refractivity contribution >= 4 is 23.7 Å². The Morgan fingerprint density at radius 2 is 1.93 bits per heavy atom. The van der Waals surface area contributed by atoms with Crippen LogP contribution in [-0.2, 0) is 4.79 Å². The van der Waals surface area contributed by atoms with E-state index in [4.69, 9.17) is 15.1 Å². The summed E-state index contributed by atoms with van der Waals surface area (Å²) in [7, 11) is 2.11. The number of carbonyl (C=O) groups excluding carboxylic acids is 1. The quantitative estimate of drug-likeness (QED) is 0.205. The molecule has 1 N–H and O–H groups in total. The summed E-state index contributed by atoms with van der Waals surface area (Å²) in [6.07, 6.45) is 9.79. The predicted molar refractivity (Wildman–Crippen MR) is 167 cm³/mol. The van der Waals surface area contributed by atoms with Crippen LogP contribution >= 0.6 is 0 Å². The molecule has 2 fully saturated rings. The number of amides is 1. The van der Waals surface area contributed by atoms with E-state index in [2.05, 4.69) is 23.4 Å².